The summed E-state index contributed by atoms with van der Waals surface area (Å²) in [5.41, 5.74) is 1.98. The Morgan fingerprint density at radius 1 is 1.24 bits per heavy atom. The highest BCUT2D eigenvalue weighted by atomic mass is 16.5. The molecule has 2 unspecified atom stereocenters. The van der Waals surface area contributed by atoms with E-state index >= 15 is 0 Å². The highest BCUT2D eigenvalue weighted by Crippen LogP contribution is 2.35. The Hall–Kier alpha value is -2.05. The Kier molecular flexibility index (Phi) is 3.81. The number of anilines is 1. The Balaban J connectivity index is 2.04. The molecule has 2 aromatic rings. The summed E-state index contributed by atoms with van der Waals surface area (Å²) >= 11 is 0. The van der Waals surface area contributed by atoms with Gasteiger partial charge in [-0.25, -0.2) is 0 Å². The molecule has 2 atom stereocenters. The second kappa shape index (κ2) is 5.75. The summed E-state index contributed by atoms with van der Waals surface area (Å²) < 4.78 is 5.33. The number of methoxy groups -OCH3 is 1. The molecular weight excluding hydrogens is 260 g/mol. The summed E-state index contributed by atoms with van der Waals surface area (Å²) in [7, 11) is 1.77. The number of hydrogen-bond donors (Lipinski definition) is 0. The van der Waals surface area contributed by atoms with E-state index in [1.54, 1.807) is 7.11 Å². The smallest absolute Gasteiger partial charge is 0.0998 e. The van der Waals surface area contributed by atoms with Crippen molar-refractivity contribution in [3.8, 4) is 6.07 Å². The highest BCUT2D eigenvalue weighted by molar-refractivity contribution is 5.98. The molecule has 1 heterocycles. The minimum absolute atomic E-state index is 0.460. The zero-order chi connectivity index (χ0) is 14.8. The Morgan fingerprint density at radius 3 is 2.71 bits per heavy atom. The van der Waals surface area contributed by atoms with Crippen LogP contribution in [0.25, 0.3) is 10.8 Å². The van der Waals surface area contributed by atoms with Crippen LogP contribution in [0.1, 0.15) is 18.9 Å². The summed E-state index contributed by atoms with van der Waals surface area (Å²) in [6.07, 6.45) is 1.16. The predicted molar refractivity (Wildman–Crippen MR) is 85.5 cm³/mol. The summed E-state index contributed by atoms with van der Waals surface area (Å²) in [6, 6.07) is 15.0. The van der Waals surface area contributed by atoms with Crippen LogP contribution in [0.2, 0.25) is 0 Å². The molecule has 0 radical (unpaired) electrons. The quantitative estimate of drug-likeness (QED) is 0.862. The van der Waals surface area contributed by atoms with Crippen LogP contribution in [0.15, 0.2) is 36.4 Å². The fourth-order valence-corrected chi connectivity index (χ4v) is 3.41. The standard InChI is InChI=1S/C18H20N2O/c1-13-15(12-21-2)9-10-20(13)18-8-7-14(11-19)16-5-3-4-6-17(16)18/h3-8,13,15H,9-10,12H2,1-2H3. The zero-order valence-corrected chi connectivity index (χ0v) is 12.5. The van der Waals surface area contributed by atoms with Gasteiger partial charge in [0, 0.05) is 42.1 Å². The van der Waals surface area contributed by atoms with Crippen LogP contribution < -0.4 is 4.90 Å². The van der Waals surface area contributed by atoms with Gasteiger partial charge in [-0.05, 0) is 25.5 Å². The average molecular weight is 280 g/mol. The first-order valence-corrected chi connectivity index (χ1v) is 7.43. The maximum Gasteiger partial charge on any atom is 0.0998 e. The Bertz CT molecular complexity index is 689. The van der Waals surface area contributed by atoms with Crippen molar-refractivity contribution >= 4 is 16.5 Å². The van der Waals surface area contributed by atoms with Crippen molar-refractivity contribution in [1.29, 1.82) is 5.26 Å². The molecular formula is C18H20N2O. The molecule has 1 aliphatic rings. The zero-order valence-electron chi connectivity index (χ0n) is 12.5. The monoisotopic (exact) mass is 280 g/mol. The van der Waals surface area contributed by atoms with E-state index in [9.17, 15) is 5.26 Å². The van der Waals surface area contributed by atoms with Crippen LogP contribution in [0, 0.1) is 17.2 Å². The first kappa shape index (κ1) is 13.9. The van der Waals surface area contributed by atoms with Crippen molar-refractivity contribution in [1.82, 2.24) is 0 Å². The molecule has 0 aliphatic carbocycles. The lowest BCUT2D eigenvalue weighted by Gasteiger charge is -2.28. The van der Waals surface area contributed by atoms with Gasteiger partial charge in [-0.2, -0.15) is 5.26 Å². The fourth-order valence-electron chi connectivity index (χ4n) is 3.41. The van der Waals surface area contributed by atoms with Crippen molar-refractivity contribution in [2.45, 2.75) is 19.4 Å². The van der Waals surface area contributed by atoms with Gasteiger partial charge in [0.15, 0.2) is 0 Å². The molecule has 0 amide bonds. The average Bonchev–Trinajstić information content (AvgIpc) is 2.88. The van der Waals surface area contributed by atoms with Crippen LogP contribution in [0.3, 0.4) is 0 Å². The maximum atomic E-state index is 9.28. The third-order valence-electron chi connectivity index (χ3n) is 4.63. The summed E-state index contributed by atoms with van der Waals surface area (Å²) in [5, 5.41) is 11.5. The van der Waals surface area contributed by atoms with Gasteiger partial charge >= 0.3 is 0 Å². The first-order chi connectivity index (χ1) is 10.3. The number of hydrogen-bond acceptors (Lipinski definition) is 3. The van der Waals surface area contributed by atoms with Crippen molar-refractivity contribution in [3.05, 3.63) is 42.0 Å². The molecule has 0 bridgehead atoms. The molecule has 0 N–H and O–H groups in total. The molecule has 1 saturated heterocycles. The lowest BCUT2D eigenvalue weighted by Crippen LogP contribution is -2.31. The Labute approximate surface area is 125 Å². The highest BCUT2D eigenvalue weighted by Gasteiger charge is 2.31. The van der Waals surface area contributed by atoms with E-state index in [0.29, 0.717) is 12.0 Å². The molecule has 0 saturated carbocycles. The lowest BCUT2D eigenvalue weighted by molar-refractivity contribution is 0.150. The number of nitrogens with zero attached hydrogens (tertiary/aromatic N) is 2. The van der Waals surface area contributed by atoms with Gasteiger partial charge in [-0.3, -0.25) is 0 Å². The number of fused-ring (bicyclic) bond motifs is 1. The van der Waals surface area contributed by atoms with Gasteiger partial charge in [0.1, 0.15) is 0 Å². The van der Waals surface area contributed by atoms with Gasteiger partial charge in [-0.1, -0.05) is 24.3 Å². The minimum Gasteiger partial charge on any atom is -0.384 e. The van der Waals surface area contributed by atoms with Gasteiger partial charge in [-0.15, -0.1) is 0 Å². The molecule has 1 aliphatic heterocycles. The number of nitriles is 1. The summed E-state index contributed by atoms with van der Waals surface area (Å²) in [5.74, 6) is 0.574. The predicted octanol–water partition coefficient (Wildman–Crippen LogP) is 3.57. The second-order valence-electron chi connectivity index (χ2n) is 5.73. The third-order valence-corrected chi connectivity index (χ3v) is 4.63. The lowest BCUT2D eigenvalue weighted by atomic mass is 10.0. The van der Waals surface area contributed by atoms with Gasteiger partial charge in [0.25, 0.3) is 0 Å². The molecule has 1 fully saturated rings. The van der Waals surface area contributed by atoms with Gasteiger partial charge < -0.3 is 9.64 Å². The molecule has 3 heteroatoms. The van der Waals surface area contributed by atoms with E-state index < -0.39 is 0 Å². The summed E-state index contributed by atoms with van der Waals surface area (Å²) in [4.78, 5) is 2.45. The van der Waals surface area contributed by atoms with Gasteiger partial charge in [0.2, 0.25) is 0 Å². The molecule has 2 aromatic carbocycles. The van der Waals surface area contributed by atoms with E-state index in [0.717, 1.165) is 30.5 Å². The molecule has 21 heavy (non-hydrogen) atoms. The second-order valence-corrected chi connectivity index (χ2v) is 5.73. The Morgan fingerprint density at radius 2 is 2.00 bits per heavy atom. The largest absolute Gasteiger partial charge is 0.384 e. The van der Waals surface area contributed by atoms with Crippen LogP contribution in [0.4, 0.5) is 5.69 Å². The maximum absolute atomic E-state index is 9.28. The topological polar surface area (TPSA) is 36.3 Å². The normalized spacial score (nSPS) is 21.7. The molecule has 3 nitrogen and oxygen atoms in total. The van der Waals surface area contributed by atoms with Crippen LogP contribution in [-0.4, -0.2) is 26.3 Å². The van der Waals surface area contributed by atoms with E-state index in [2.05, 4.69) is 30.0 Å². The molecule has 108 valence electrons. The van der Waals surface area contributed by atoms with Gasteiger partial charge in [0.05, 0.1) is 18.2 Å². The summed E-state index contributed by atoms with van der Waals surface area (Å²) in [6.45, 7) is 4.13. The first-order valence-electron chi connectivity index (χ1n) is 7.43. The molecule has 3 rings (SSSR count). The van der Waals surface area contributed by atoms with Crippen LogP contribution in [0.5, 0.6) is 0 Å². The van der Waals surface area contributed by atoms with E-state index in [1.807, 2.05) is 24.3 Å². The van der Waals surface area contributed by atoms with Crippen molar-refractivity contribution in [2.75, 3.05) is 25.2 Å². The van der Waals surface area contributed by atoms with E-state index in [4.69, 9.17) is 4.74 Å². The number of ether oxygens (including phenoxy) is 1. The van der Waals surface area contributed by atoms with Crippen LogP contribution >= 0.6 is 0 Å². The molecule has 0 spiro atoms. The molecule has 0 aromatic heterocycles. The van der Waals surface area contributed by atoms with Crippen LogP contribution in [-0.2, 0) is 4.74 Å². The van der Waals surface area contributed by atoms with E-state index in [-0.39, 0.29) is 0 Å². The SMILES string of the molecule is COCC1CCN(c2ccc(C#N)c3ccccc23)C1C. The van der Waals surface area contributed by atoms with Crippen molar-refractivity contribution in [2.24, 2.45) is 5.92 Å². The third kappa shape index (κ3) is 2.36. The number of benzene rings is 2. The fraction of sp³-hybridized carbons (Fsp3) is 0.389. The van der Waals surface area contributed by atoms with Crippen molar-refractivity contribution < 1.29 is 4.74 Å². The van der Waals surface area contributed by atoms with Crippen molar-refractivity contribution in [3.63, 3.8) is 0 Å². The minimum atomic E-state index is 0.460. The number of rotatable bonds is 3. The van der Waals surface area contributed by atoms with E-state index in [1.165, 1.54) is 11.1 Å².